The van der Waals surface area contributed by atoms with E-state index in [0.29, 0.717) is 6.42 Å². The van der Waals surface area contributed by atoms with Crippen molar-refractivity contribution in [1.29, 1.82) is 0 Å². The van der Waals surface area contributed by atoms with Crippen LogP contribution in [0.25, 0.3) is 0 Å². The number of hydrogen-bond donors (Lipinski definition) is 2. The molecule has 0 heterocycles. The van der Waals surface area contributed by atoms with Gasteiger partial charge in [-0.2, -0.15) is 0 Å². The van der Waals surface area contributed by atoms with Crippen LogP contribution in [0.3, 0.4) is 0 Å². The van der Waals surface area contributed by atoms with Crippen molar-refractivity contribution in [3.63, 3.8) is 0 Å². The maximum Gasteiger partial charge on any atom is 0.151 e. The first kappa shape index (κ1) is 11.9. The quantitative estimate of drug-likeness (QED) is 0.459. The molecule has 0 rings (SSSR count). The second kappa shape index (κ2) is 7.56. The van der Waals surface area contributed by atoms with Gasteiger partial charge in [0.15, 0.2) is 6.29 Å². The van der Waals surface area contributed by atoms with Crippen molar-refractivity contribution in [3.05, 3.63) is 0 Å². The molecule has 12 heavy (non-hydrogen) atoms. The fourth-order valence-electron chi connectivity index (χ4n) is 1.46. The van der Waals surface area contributed by atoms with Gasteiger partial charge in [-0.3, -0.25) is 0 Å². The minimum atomic E-state index is -1.11. The Morgan fingerprint density at radius 3 is 2.08 bits per heavy atom. The fourth-order valence-corrected chi connectivity index (χ4v) is 1.46. The van der Waals surface area contributed by atoms with Crippen LogP contribution in [-0.2, 0) is 0 Å². The lowest BCUT2D eigenvalue weighted by Gasteiger charge is -2.09. The highest BCUT2D eigenvalue weighted by Gasteiger charge is 2.01. The van der Waals surface area contributed by atoms with Crippen molar-refractivity contribution < 1.29 is 10.2 Å². The molecule has 0 aliphatic rings. The summed E-state index contributed by atoms with van der Waals surface area (Å²) in [5, 5.41) is 17.2. The molecule has 2 heteroatoms. The Hall–Kier alpha value is -0.0800. The summed E-state index contributed by atoms with van der Waals surface area (Å²) in [6.07, 6.45) is 5.25. The zero-order valence-electron chi connectivity index (χ0n) is 8.29. The van der Waals surface area contributed by atoms with E-state index < -0.39 is 6.29 Å². The Labute approximate surface area is 75.6 Å². The Morgan fingerprint density at radius 1 is 1.00 bits per heavy atom. The number of hydrogen-bond acceptors (Lipinski definition) is 2. The maximum absolute atomic E-state index is 8.58. The first-order valence-electron chi connectivity index (χ1n) is 5.03. The van der Waals surface area contributed by atoms with Crippen LogP contribution in [0.5, 0.6) is 0 Å². The Balaban J connectivity index is 3.08. The second-order valence-corrected chi connectivity index (χ2v) is 3.66. The molecule has 1 atom stereocenters. The van der Waals surface area contributed by atoms with Crippen molar-refractivity contribution in [3.8, 4) is 0 Å². The van der Waals surface area contributed by atoms with Crippen LogP contribution in [0.2, 0.25) is 0 Å². The molecule has 2 nitrogen and oxygen atoms in total. The van der Waals surface area contributed by atoms with Crippen molar-refractivity contribution in [1.82, 2.24) is 0 Å². The Kier molecular flexibility index (Phi) is 7.51. The molecule has 2 N–H and O–H groups in total. The predicted molar refractivity (Wildman–Crippen MR) is 50.8 cm³/mol. The third kappa shape index (κ3) is 8.02. The van der Waals surface area contributed by atoms with Gasteiger partial charge in [0.1, 0.15) is 0 Å². The number of aliphatic hydroxyl groups is 2. The zero-order chi connectivity index (χ0) is 9.40. The van der Waals surface area contributed by atoms with Gasteiger partial charge >= 0.3 is 0 Å². The molecule has 0 aromatic carbocycles. The van der Waals surface area contributed by atoms with E-state index in [0.717, 1.165) is 18.8 Å². The maximum atomic E-state index is 8.58. The molecule has 0 fully saturated rings. The first-order valence-corrected chi connectivity index (χ1v) is 5.03. The van der Waals surface area contributed by atoms with E-state index in [1.54, 1.807) is 0 Å². The smallest absolute Gasteiger partial charge is 0.151 e. The molecule has 0 aliphatic carbocycles. The molecule has 0 amide bonds. The minimum absolute atomic E-state index is 0.527. The second-order valence-electron chi connectivity index (χ2n) is 3.66. The Bertz CT molecular complexity index is 91.8. The summed E-state index contributed by atoms with van der Waals surface area (Å²) in [4.78, 5) is 0. The van der Waals surface area contributed by atoms with Gasteiger partial charge in [0.05, 0.1) is 0 Å². The van der Waals surface area contributed by atoms with E-state index >= 15 is 0 Å². The van der Waals surface area contributed by atoms with Crippen molar-refractivity contribution in [2.45, 2.75) is 58.7 Å². The molecule has 0 saturated heterocycles. The molecule has 0 aromatic rings. The topological polar surface area (TPSA) is 40.5 Å². The largest absolute Gasteiger partial charge is 0.368 e. The van der Waals surface area contributed by atoms with E-state index in [-0.39, 0.29) is 0 Å². The summed E-state index contributed by atoms with van der Waals surface area (Å²) in [5.74, 6) is 0.797. The molecule has 0 aromatic heterocycles. The van der Waals surface area contributed by atoms with Crippen LogP contribution < -0.4 is 0 Å². The molecule has 0 bridgehead atoms. The van der Waals surface area contributed by atoms with Crippen molar-refractivity contribution in [2.75, 3.05) is 0 Å². The summed E-state index contributed by atoms with van der Waals surface area (Å²) in [5.41, 5.74) is 0. The van der Waals surface area contributed by atoms with Gasteiger partial charge in [0.25, 0.3) is 0 Å². The van der Waals surface area contributed by atoms with Gasteiger partial charge in [-0.05, 0) is 18.8 Å². The van der Waals surface area contributed by atoms with E-state index in [4.69, 9.17) is 10.2 Å². The highest BCUT2D eigenvalue weighted by molar-refractivity contribution is 4.53. The van der Waals surface area contributed by atoms with Crippen LogP contribution >= 0.6 is 0 Å². The number of unbranched alkanes of at least 4 members (excludes halogenated alkanes) is 1. The third-order valence-electron chi connectivity index (χ3n) is 2.19. The molecule has 74 valence electrons. The molecule has 1 unspecified atom stereocenters. The average Bonchev–Trinajstić information content (AvgIpc) is 1.98. The van der Waals surface area contributed by atoms with E-state index in [1.165, 1.54) is 19.3 Å². The van der Waals surface area contributed by atoms with E-state index in [9.17, 15) is 0 Å². The standard InChI is InChI=1S/C10H22O2/c1-3-6-9(2)7-4-5-8-10(11)12/h9-12H,3-8H2,1-2H3. The highest BCUT2D eigenvalue weighted by atomic mass is 16.5. The van der Waals surface area contributed by atoms with E-state index in [2.05, 4.69) is 13.8 Å². The van der Waals surface area contributed by atoms with Gasteiger partial charge in [-0.15, -0.1) is 0 Å². The normalized spacial score (nSPS) is 13.8. The number of rotatable bonds is 7. The lowest BCUT2D eigenvalue weighted by atomic mass is 9.99. The van der Waals surface area contributed by atoms with Crippen LogP contribution in [0, 0.1) is 5.92 Å². The summed E-state index contributed by atoms with van der Waals surface area (Å²) in [6.45, 7) is 4.47. The highest BCUT2D eigenvalue weighted by Crippen LogP contribution is 2.14. The average molecular weight is 174 g/mol. The first-order chi connectivity index (χ1) is 5.66. The fraction of sp³-hybridized carbons (Fsp3) is 1.00. The molecule has 0 saturated carbocycles. The lowest BCUT2D eigenvalue weighted by molar-refractivity contribution is -0.0467. The molecule has 0 spiro atoms. The zero-order valence-corrected chi connectivity index (χ0v) is 8.29. The van der Waals surface area contributed by atoms with Gasteiger partial charge in [0.2, 0.25) is 0 Å². The summed E-state index contributed by atoms with van der Waals surface area (Å²) < 4.78 is 0. The monoisotopic (exact) mass is 174 g/mol. The van der Waals surface area contributed by atoms with Crippen molar-refractivity contribution in [2.24, 2.45) is 5.92 Å². The predicted octanol–water partition coefficient (Wildman–Crippen LogP) is 2.29. The van der Waals surface area contributed by atoms with Gasteiger partial charge in [-0.25, -0.2) is 0 Å². The summed E-state index contributed by atoms with van der Waals surface area (Å²) in [7, 11) is 0. The SMILES string of the molecule is CCCC(C)CCCCC(O)O. The molecular weight excluding hydrogens is 152 g/mol. The third-order valence-corrected chi connectivity index (χ3v) is 2.19. The molecular formula is C10H22O2. The Morgan fingerprint density at radius 2 is 1.58 bits per heavy atom. The molecule has 0 radical (unpaired) electrons. The van der Waals surface area contributed by atoms with Gasteiger partial charge in [-0.1, -0.05) is 39.5 Å². The van der Waals surface area contributed by atoms with Crippen LogP contribution in [0.15, 0.2) is 0 Å². The van der Waals surface area contributed by atoms with Gasteiger partial charge in [0, 0.05) is 0 Å². The van der Waals surface area contributed by atoms with Gasteiger partial charge < -0.3 is 10.2 Å². The lowest BCUT2D eigenvalue weighted by Crippen LogP contribution is -2.03. The summed E-state index contributed by atoms with van der Waals surface area (Å²) >= 11 is 0. The van der Waals surface area contributed by atoms with Crippen LogP contribution in [0.4, 0.5) is 0 Å². The van der Waals surface area contributed by atoms with Crippen LogP contribution in [-0.4, -0.2) is 16.5 Å². The van der Waals surface area contributed by atoms with Crippen molar-refractivity contribution >= 4 is 0 Å². The minimum Gasteiger partial charge on any atom is -0.368 e. The molecule has 0 aliphatic heterocycles. The number of aliphatic hydroxyl groups excluding tert-OH is 1. The summed E-state index contributed by atoms with van der Waals surface area (Å²) in [6, 6.07) is 0. The van der Waals surface area contributed by atoms with E-state index in [1.807, 2.05) is 0 Å². The van der Waals surface area contributed by atoms with Crippen LogP contribution in [0.1, 0.15) is 52.4 Å².